The zero-order valence-corrected chi connectivity index (χ0v) is 24.5. The number of rotatable bonds is 7. The van der Waals surface area contributed by atoms with Crippen molar-refractivity contribution in [1.82, 2.24) is 9.80 Å². The molecule has 3 aliphatic heterocycles. The number of carbonyl (C=O) groups is 1. The summed E-state index contributed by atoms with van der Waals surface area (Å²) in [5.41, 5.74) is 1.99. The molecule has 1 saturated carbocycles. The Balaban J connectivity index is 1.12. The number of halogens is 3. The minimum absolute atomic E-state index is 0.119. The van der Waals surface area contributed by atoms with Crippen molar-refractivity contribution in [2.75, 3.05) is 39.9 Å². The number of piperidine rings is 1. The van der Waals surface area contributed by atoms with Crippen molar-refractivity contribution in [1.29, 1.82) is 0 Å². The van der Waals surface area contributed by atoms with Gasteiger partial charge in [0.15, 0.2) is 5.60 Å². The Bertz CT molecular complexity index is 1380. The predicted molar refractivity (Wildman–Crippen MR) is 152 cm³/mol. The van der Waals surface area contributed by atoms with Crippen molar-refractivity contribution in [3.8, 4) is 16.9 Å². The number of hydrogen-bond donors (Lipinski definition) is 0. The molecule has 2 aromatic rings. The maximum Gasteiger partial charge on any atom is 0.311 e. The lowest BCUT2D eigenvalue weighted by Crippen LogP contribution is -2.61. The highest BCUT2D eigenvalue weighted by molar-refractivity contribution is 6.35. The van der Waals surface area contributed by atoms with E-state index in [2.05, 4.69) is 21.0 Å². The summed E-state index contributed by atoms with van der Waals surface area (Å²) in [7, 11) is 1.57. The molecular weight excluding hydrogens is 552 g/mol. The first kappa shape index (κ1) is 28.2. The standard InChI is InChI=1S/C31H36ClF2N3O4/c1-4-40-29(38)30(2)9-11-37(12-10-30)25-15-31(41-35-25)17-36(18-31)16-20-13-23(19-5-6-19)26(27(32)28(20)39-3)22-8-7-21(33)14-24(22)34/h7-8,13-14,19H,4-6,9-12,15-18H2,1-3H3. The highest BCUT2D eigenvalue weighted by Gasteiger charge is 2.51. The third kappa shape index (κ3) is 5.27. The molecule has 7 nitrogen and oxygen atoms in total. The molecule has 2 aromatic carbocycles. The van der Waals surface area contributed by atoms with Crippen LogP contribution < -0.4 is 4.74 Å². The van der Waals surface area contributed by atoms with Crippen LogP contribution in [0.1, 0.15) is 63.0 Å². The SMILES string of the molecule is CCOC(=O)C1(C)CCN(C2=NOC3(C2)CN(Cc2cc(C4CC4)c(-c4ccc(F)cc4F)c(Cl)c2OC)C3)CC1. The molecule has 0 bridgehead atoms. The number of nitrogens with zero attached hydrogens (tertiary/aromatic N) is 3. The topological polar surface area (TPSA) is 63.6 Å². The molecule has 3 fully saturated rings. The summed E-state index contributed by atoms with van der Waals surface area (Å²) in [5, 5.41) is 4.81. The summed E-state index contributed by atoms with van der Waals surface area (Å²) in [4.78, 5) is 22.9. The fourth-order valence-corrected chi connectivity index (χ4v) is 6.87. The lowest BCUT2D eigenvalue weighted by molar-refractivity contribution is -0.156. The Kier molecular flexibility index (Phi) is 7.39. The second-order valence-corrected chi connectivity index (χ2v) is 12.5. The van der Waals surface area contributed by atoms with Crippen molar-refractivity contribution >= 4 is 23.4 Å². The Morgan fingerprint density at radius 2 is 1.93 bits per heavy atom. The molecule has 1 spiro atoms. The predicted octanol–water partition coefficient (Wildman–Crippen LogP) is 6.12. The molecule has 0 radical (unpaired) electrons. The number of ether oxygens (including phenoxy) is 2. The largest absolute Gasteiger partial charge is 0.495 e. The molecule has 0 atom stereocenters. The normalized spacial score (nSPS) is 21.3. The van der Waals surface area contributed by atoms with Gasteiger partial charge in [-0.2, -0.15) is 0 Å². The number of likely N-dealkylation sites (tertiary alicyclic amines) is 2. The number of amidine groups is 1. The number of benzene rings is 2. The summed E-state index contributed by atoms with van der Waals surface area (Å²) in [6, 6.07) is 5.68. The number of hydrogen-bond acceptors (Lipinski definition) is 7. The zero-order valence-electron chi connectivity index (χ0n) is 23.8. The third-order valence-corrected chi connectivity index (χ3v) is 9.35. The van der Waals surface area contributed by atoms with E-state index in [4.69, 9.17) is 25.9 Å². The molecule has 0 amide bonds. The lowest BCUT2D eigenvalue weighted by Gasteiger charge is -2.46. The summed E-state index contributed by atoms with van der Waals surface area (Å²) < 4.78 is 39.5. The zero-order chi connectivity index (χ0) is 28.9. The van der Waals surface area contributed by atoms with Crippen LogP contribution in [0.3, 0.4) is 0 Å². The third-order valence-electron chi connectivity index (χ3n) is 8.99. The van der Waals surface area contributed by atoms with Gasteiger partial charge in [0.25, 0.3) is 0 Å². The van der Waals surface area contributed by atoms with Gasteiger partial charge in [-0.05, 0) is 69.2 Å². The maximum atomic E-state index is 14.8. The van der Waals surface area contributed by atoms with E-state index in [1.165, 1.54) is 12.1 Å². The van der Waals surface area contributed by atoms with Crippen LogP contribution in [0.4, 0.5) is 8.78 Å². The summed E-state index contributed by atoms with van der Waals surface area (Å²) in [6.07, 6.45) is 4.20. The minimum Gasteiger partial charge on any atom is -0.495 e. The first-order chi connectivity index (χ1) is 19.6. The van der Waals surface area contributed by atoms with Crippen LogP contribution in [0, 0.1) is 17.0 Å². The second kappa shape index (κ2) is 10.7. The van der Waals surface area contributed by atoms with Crippen LogP contribution in [0.2, 0.25) is 5.02 Å². The number of esters is 1. The fourth-order valence-electron chi connectivity index (χ4n) is 6.46. The van der Waals surface area contributed by atoms with Crippen LogP contribution in [0.15, 0.2) is 29.4 Å². The Morgan fingerprint density at radius 1 is 1.20 bits per heavy atom. The molecular formula is C31H36ClF2N3O4. The molecule has 3 heterocycles. The molecule has 1 aliphatic carbocycles. The first-order valence-corrected chi connectivity index (χ1v) is 14.8. The maximum absolute atomic E-state index is 14.8. The highest BCUT2D eigenvalue weighted by atomic mass is 35.5. The van der Waals surface area contributed by atoms with Gasteiger partial charge in [-0.3, -0.25) is 9.69 Å². The monoisotopic (exact) mass is 587 g/mol. The van der Waals surface area contributed by atoms with E-state index in [0.29, 0.717) is 48.5 Å². The van der Waals surface area contributed by atoms with Crippen LogP contribution >= 0.6 is 11.6 Å². The number of oxime groups is 1. The van der Waals surface area contributed by atoms with Crippen molar-refractivity contribution in [2.45, 2.75) is 64.0 Å². The first-order valence-electron chi connectivity index (χ1n) is 14.4. The van der Waals surface area contributed by atoms with Gasteiger partial charge >= 0.3 is 5.97 Å². The fraction of sp³-hybridized carbons (Fsp3) is 0.548. The van der Waals surface area contributed by atoms with E-state index in [-0.39, 0.29) is 17.1 Å². The van der Waals surface area contributed by atoms with Crippen LogP contribution in [0.25, 0.3) is 11.1 Å². The Labute approximate surface area is 244 Å². The summed E-state index contributed by atoms with van der Waals surface area (Å²) >= 11 is 6.88. The van der Waals surface area contributed by atoms with Crippen molar-refractivity contribution in [2.24, 2.45) is 10.6 Å². The van der Waals surface area contributed by atoms with Crippen molar-refractivity contribution < 1.29 is 27.9 Å². The van der Waals surface area contributed by atoms with Crippen LogP contribution in [0.5, 0.6) is 5.75 Å². The lowest BCUT2D eigenvalue weighted by atomic mass is 9.80. The number of carbonyl (C=O) groups excluding carboxylic acids is 1. The highest BCUT2D eigenvalue weighted by Crippen LogP contribution is 2.51. The molecule has 41 heavy (non-hydrogen) atoms. The van der Waals surface area contributed by atoms with Gasteiger partial charge < -0.3 is 19.2 Å². The average molecular weight is 588 g/mol. The molecule has 0 N–H and O–H groups in total. The van der Waals surface area contributed by atoms with E-state index in [9.17, 15) is 13.6 Å². The van der Waals surface area contributed by atoms with Gasteiger partial charge in [0.05, 0.1) is 30.6 Å². The summed E-state index contributed by atoms with van der Waals surface area (Å²) in [5.74, 6) is 0.371. The van der Waals surface area contributed by atoms with E-state index >= 15 is 0 Å². The van der Waals surface area contributed by atoms with Gasteiger partial charge in [0.2, 0.25) is 0 Å². The molecule has 4 aliphatic rings. The summed E-state index contributed by atoms with van der Waals surface area (Å²) in [6.45, 7) is 7.74. The smallest absolute Gasteiger partial charge is 0.311 e. The minimum atomic E-state index is -0.637. The van der Waals surface area contributed by atoms with Crippen molar-refractivity contribution in [3.05, 3.63) is 52.0 Å². The van der Waals surface area contributed by atoms with E-state index < -0.39 is 17.0 Å². The molecule has 10 heteroatoms. The quantitative estimate of drug-likeness (QED) is 0.364. The molecule has 2 saturated heterocycles. The molecule has 220 valence electrons. The van der Waals surface area contributed by atoms with Gasteiger partial charge in [-0.15, -0.1) is 0 Å². The number of methoxy groups -OCH3 is 1. The Morgan fingerprint density at radius 3 is 2.56 bits per heavy atom. The van der Waals surface area contributed by atoms with Gasteiger partial charge in [-0.25, -0.2) is 8.78 Å². The van der Waals surface area contributed by atoms with E-state index in [1.807, 2.05) is 13.8 Å². The second-order valence-electron chi connectivity index (χ2n) is 12.1. The van der Waals surface area contributed by atoms with Gasteiger partial charge in [0.1, 0.15) is 23.2 Å². The molecule has 0 unspecified atom stereocenters. The van der Waals surface area contributed by atoms with Gasteiger partial charge in [0, 0.05) is 55.5 Å². The average Bonchev–Trinajstić information content (AvgIpc) is 3.68. The van der Waals surface area contributed by atoms with Crippen molar-refractivity contribution in [3.63, 3.8) is 0 Å². The molecule has 6 rings (SSSR count). The van der Waals surface area contributed by atoms with E-state index in [1.54, 1.807) is 7.11 Å². The van der Waals surface area contributed by atoms with E-state index in [0.717, 1.165) is 68.2 Å². The van der Waals surface area contributed by atoms with Crippen LogP contribution in [-0.2, 0) is 20.9 Å². The molecule has 0 aromatic heterocycles. The van der Waals surface area contributed by atoms with Gasteiger partial charge in [-0.1, -0.05) is 16.8 Å². The van der Waals surface area contributed by atoms with Crippen LogP contribution in [-0.4, -0.2) is 67.1 Å². The Hall–Kier alpha value is -2.91.